The molecular formula is C10H13F3N4O3. The van der Waals surface area contributed by atoms with Crippen molar-refractivity contribution in [2.24, 2.45) is 5.92 Å². The number of aromatic nitrogens is 2. The van der Waals surface area contributed by atoms with E-state index in [0.717, 1.165) is 17.1 Å². The van der Waals surface area contributed by atoms with E-state index in [1.54, 1.807) is 0 Å². The van der Waals surface area contributed by atoms with E-state index >= 15 is 0 Å². The van der Waals surface area contributed by atoms with Crippen molar-refractivity contribution in [2.45, 2.75) is 32.6 Å². The molecule has 7 nitrogen and oxygen atoms in total. The normalized spacial score (nSPS) is 13.3. The molecule has 0 spiro atoms. The minimum absolute atomic E-state index is 0.339. The second-order valence-corrected chi connectivity index (χ2v) is 4.48. The second-order valence-electron chi connectivity index (χ2n) is 4.48. The van der Waals surface area contributed by atoms with Gasteiger partial charge in [-0.05, 0) is 5.92 Å². The summed E-state index contributed by atoms with van der Waals surface area (Å²) in [6, 6.07) is -1.97. The van der Waals surface area contributed by atoms with Crippen molar-refractivity contribution < 1.29 is 22.9 Å². The number of nitrogens with one attached hydrogen (secondary N) is 1. The number of nitro groups is 1. The van der Waals surface area contributed by atoms with E-state index in [2.05, 4.69) is 5.10 Å². The molecule has 1 heterocycles. The van der Waals surface area contributed by atoms with Crippen molar-refractivity contribution >= 4 is 11.6 Å². The van der Waals surface area contributed by atoms with Crippen molar-refractivity contribution in [3.8, 4) is 0 Å². The summed E-state index contributed by atoms with van der Waals surface area (Å²) in [6.07, 6.45) is -2.67. The fourth-order valence-corrected chi connectivity index (χ4v) is 1.53. The van der Waals surface area contributed by atoms with E-state index in [1.807, 2.05) is 5.32 Å². The van der Waals surface area contributed by atoms with Crippen molar-refractivity contribution in [3.05, 3.63) is 22.5 Å². The fourth-order valence-electron chi connectivity index (χ4n) is 1.53. The van der Waals surface area contributed by atoms with E-state index < -0.39 is 35.5 Å². The van der Waals surface area contributed by atoms with Crippen LogP contribution in [0.15, 0.2) is 12.4 Å². The predicted molar refractivity (Wildman–Crippen MR) is 61.7 cm³/mol. The maximum Gasteiger partial charge on any atom is 0.408 e. The van der Waals surface area contributed by atoms with Crippen LogP contribution in [-0.2, 0) is 11.3 Å². The van der Waals surface area contributed by atoms with Crippen LogP contribution in [0.2, 0.25) is 0 Å². The molecule has 0 radical (unpaired) electrons. The number of carbonyl (C=O) groups excluding carboxylic acids is 1. The first kappa shape index (κ1) is 15.9. The topological polar surface area (TPSA) is 90.1 Å². The fraction of sp³-hybridized carbons (Fsp3) is 0.600. The van der Waals surface area contributed by atoms with Crippen molar-refractivity contribution in [2.75, 3.05) is 0 Å². The smallest absolute Gasteiger partial charge is 0.343 e. The molecular weight excluding hydrogens is 281 g/mol. The van der Waals surface area contributed by atoms with Gasteiger partial charge >= 0.3 is 11.9 Å². The highest BCUT2D eigenvalue weighted by atomic mass is 19.4. The van der Waals surface area contributed by atoms with Crippen molar-refractivity contribution in [3.63, 3.8) is 0 Å². The van der Waals surface area contributed by atoms with Gasteiger partial charge in [0.25, 0.3) is 0 Å². The van der Waals surface area contributed by atoms with Gasteiger partial charge in [0, 0.05) is 0 Å². The lowest BCUT2D eigenvalue weighted by Crippen LogP contribution is -2.49. The molecule has 1 aromatic rings. The SMILES string of the molecule is CC(C)C(NC(=O)Cn1cc([N+](=O)[O-])cn1)C(F)(F)F. The van der Waals surface area contributed by atoms with Gasteiger partial charge in [-0.25, -0.2) is 0 Å². The Balaban J connectivity index is 2.68. The summed E-state index contributed by atoms with van der Waals surface area (Å²) in [5, 5.41) is 15.8. The maximum atomic E-state index is 12.7. The Labute approximate surface area is 111 Å². The quantitative estimate of drug-likeness (QED) is 0.658. The summed E-state index contributed by atoms with van der Waals surface area (Å²) in [4.78, 5) is 21.2. The molecule has 0 aliphatic heterocycles. The van der Waals surface area contributed by atoms with Crippen LogP contribution in [0.25, 0.3) is 0 Å². The Morgan fingerprint density at radius 1 is 1.55 bits per heavy atom. The van der Waals surface area contributed by atoms with Gasteiger partial charge in [-0.2, -0.15) is 18.3 Å². The van der Waals surface area contributed by atoms with Gasteiger partial charge in [-0.3, -0.25) is 19.6 Å². The summed E-state index contributed by atoms with van der Waals surface area (Å²) in [5.74, 6) is -1.75. The van der Waals surface area contributed by atoms with Gasteiger partial charge in [0.1, 0.15) is 25.0 Å². The number of alkyl halides is 3. The first-order valence-electron chi connectivity index (χ1n) is 5.64. The van der Waals surface area contributed by atoms with Crippen LogP contribution in [0.3, 0.4) is 0 Å². The third kappa shape index (κ3) is 4.21. The highest BCUT2D eigenvalue weighted by Gasteiger charge is 2.42. The molecule has 0 fully saturated rings. The molecule has 1 unspecified atom stereocenters. The lowest BCUT2D eigenvalue weighted by Gasteiger charge is -2.24. The number of hydrogen-bond acceptors (Lipinski definition) is 4. The summed E-state index contributed by atoms with van der Waals surface area (Å²) in [5.41, 5.74) is -0.339. The Hall–Kier alpha value is -2.13. The molecule has 0 bridgehead atoms. The molecule has 20 heavy (non-hydrogen) atoms. The predicted octanol–water partition coefficient (Wildman–Crippen LogP) is 1.49. The number of amides is 1. The van der Waals surface area contributed by atoms with Gasteiger partial charge in [0.05, 0.1) is 4.92 Å². The molecule has 0 saturated heterocycles. The molecule has 112 valence electrons. The Kier molecular flexibility index (Phi) is 4.69. The Morgan fingerprint density at radius 3 is 2.55 bits per heavy atom. The summed E-state index contributed by atoms with van der Waals surface area (Å²) in [6.45, 7) is 2.14. The van der Waals surface area contributed by atoms with Crippen LogP contribution in [0.1, 0.15) is 13.8 Å². The molecule has 1 rings (SSSR count). The van der Waals surface area contributed by atoms with E-state index in [1.165, 1.54) is 13.8 Å². The van der Waals surface area contributed by atoms with Gasteiger partial charge < -0.3 is 5.32 Å². The third-order valence-corrected chi connectivity index (χ3v) is 2.47. The zero-order chi connectivity index (χ0) is 15.5. The van der Waals surface area contributed by atoms with Gasteiger partial charge in [0.2, 0.25) is 5.91 Å². The number of hydrogen-bond donors (Lipinski definition) is 1. The number of rotatable bonds is 5. The van der Waals surface area contributed by atoms with Crippen LogP contribution < -0.4 is 5.32 Å². The van der Waals surface area contributed by atoms with Gasteiger partial charge in [-0.1, -0.05) is 13.8 Å². The third-order valence-electron chi connectivity index (χ3n) is 2.47. The van der Waals surface area contributed by atoms with E-state index in [4.69, 9.17) is 0 Å². The van der Waals surface area contributed by atoms with Crippen LogP contribution in [0.5, 0.6) is 0 Å². The summed E-state index contributed by atoms with van der Waals surface area (Å²) < 4.78 is 38.9. The minimum atomic E-state index is -4.56. The van der Waals surface area contributed by atoms with E-state index in [9.17, 15) is 28.1 Å². The monoisotopic (exact) mass is 294 g/mol. The molecule has 0 aliphatic carbocycles. The number of halogens is 3. The summed E-state index contributed by atoms with van der Waals surface area (Å²) >= 11 is 0. The molecule has 0 aromatic carbocycles. The first-order valence-corrected chi connectivity index (χ1v) is 5.64. The lowest BCUT2D eigenvalue weighted by atomic mass is 10.0. The average molecular weight is 294 g/mol. The molecule has 1 aromatic heterocycles. The molecule has 1 amide bonds. The standard InChI is InChI=1S/C10H13F3N4O3/c1-6(2)9(10(11,12)13)15-8(18)5-16-4-7(3-14-16)17(19)20/h3-4,6,9H,5H2,1-2H3,(H,15,18). The molecule has 10 heteroatoms. The maximum absolute atomic E-state index is 12.7. The van der Waals surface area contributed by atoms with Gasteiger partial charge in [0.15, 0.2) is 0 Å². The molecule has 1 N–H and O–H groups in total. The Morgan fingerprint density at radius 2 is 2.15 bits per heavy atom. The highest BCUT2D eigenvalue weighted by molar-refractivity contribution is 5.76. The zero-order valence-corrected chi connectivity index (χ0v) is 10.7. The molecule has 0 aliphatic rings. The zero-order valence-electron chi connectivity index (χ0n) is 10.7. The first-order chi connectivity index (χ1) is 9.11. The van der Waals surface area contributed by atoms with Crippen molar-refractivity contribution in [1.29, 1.82) is 0 Å². The second kappa shape index (κ2) is 5.88. The van der Waals surface area contributed by atoms with Gasteiger partial charge in [-0.15, -0.1) is 0 Å². The largest absolute Gasteiger partial charge is 0.408 e. The van der Waals surface area contributed by atoms with Crippen LogP contribution in [0, 0.1) is 16.0 Å². The van der Waals surface area contributed by atoms with Crippen LogP contribution >= 0.6 is 0 Å². The van der Waals surface area contributed by atoms with E-state index in [0.29, 0.717) is 0 Å². The van der Waals surface area contributed by atoms with Crippen LogP contribution in [-0.4, -0.2) is 32.8 Å². The lowest BCUT2D eigenvalue weighted by molar-refractivity contribution is -0.385. The minimum Gasteiger partial charge on any atom is -0.343 e. The molecule has 0 saturated carbocycles. The molecule has 1 atom stereocenters. The van der Waals surface area contributed by atoms with Crippen molar-refractivity contribution in [1.82, 2.24) is 15.1 Å². The average Bonchev–Trinajstić information content (AvgIpc) is 2.72. The van der Waals surface area contributed by atoms with Crippen LogP contribution in [0.4, 0.5) is 18.9 Å². The Bertz CT molecular complexity index is 498. The summed E-state index contributed by atoms with van der Waals surface area (Å²) in [7, 11) is 0. The highest BCUT2D eigenvalue weighted by Crippen LogP contribution is 2.25. The van der Waals surface area contributed by atoms with E-state index in [-0.39, 0.29) is 5.69 Å². The number of nitrogens with zero attached hydrogens (tertiary/aromatic N) is 3. The number of carbonyl (C=O) groups is 1.